The summed E-state index contributed by atoms with van der Waals surface area (Å²) in [6, 6.07) is 9.28. The molecule has 1 aromatic heterocycles. The Hall–Kier alpha value is -2.58. The Morgan fingerprint density at radius 2 is 1.73 bits per heavy atom. The Morgan fingerprint density at radius 3 is 2.38 bits per heavy atom. The van der Waals surface area contributed by atoms with E-state index in [1.54, 1.807) is 10.7 Å². The molecule has 2 fully saturated rings. The number of likely N-dealkylation sites (N-methyl/N-ethyl adjacent to an activating group) is 1. The SMILES string of the molecule is CC(C)Cc1cc(C(=O)N2CCC(COc3cccc(Cl)c3)(CC(=O)N3CCN(C)CC3)CC2)n(C)n1. The van der Waals surface area contributed by atoms with Crippen LogP contribution in [0.5, 0.6) is 5.75 Å². The van der Waals surface area contributed by atoms with E-state index in [2.05, 4.69) is 30.9 Å². The monoisotopic (exact) mass is 529 g/mol. The minimum absolute atomic E-state index is 0.000222. The summed E-state index contributed by atoms with van der Waals surface area (Å²) in [4.78, 5) is 32.9. The van der Waals surface area contributed by atoms with Gasteiger partial charge in [-0.2, -0.15) is 5.10 Å². The molecule has 0 aliphatic carbocycles. The van der Waals surface area contributed by atoms with Crippen LogP contribution in [0.4, 0.5) is 0 Å². The van der Waals surface area contributed by atoms with Crippen LogP contribution in [0.1, 0.15) is 49.3 Å². The second kappa shape index (κ2) is 11.9. The molecule has 0 radical (unpaired) electrons. The molecule has 0 saturated carbocycles. The molecule has 2 amide bonds. The van der Waals surface area contributed by atoms with Crippen LogP contribution in [-0.2, 0) is 18.3 Å². The summed E-state index contributed by atoms with van der Waals surface area (Å²) in [5, 5.41) is 5.17. The lowest BCUT2D eigenvalue weighted by atomic mass is 9.75. The average Bonchev–Trinajstić information content (AvgIpc) is 3.22. The van der Waals surface area contributed by atoms with E-state index in [9.17, 15) is 9.59 Å². The molecule has 2 aliphatic rings. The number of aromatic nitrogens is 2. The fraction of sp³-hybridized carbons (Fsp3) is 0.607. The van der Waals surface area contributed by atoms with E-state index in [-0.39, 0.29) is 17.2 Å². The first-order valence-corrected chi connectivity index (χ1v) is 13.7. The van der Waals surface area contributed by atoms with Crippen LogP contribution in [0.3, 0.4) is 0 Å². The van der Waals surface area contributed by atoms with Gasteiger partial charge in [0.1, 0.15) is 11.4 Å². The molecule has 37 heavy (non-hydrogen) atoms. The molecule has 2 aliphatic heterocycles. The number of likely N-dealkylation sites (tertiary alicyclic amines) is 1. The van der Waals surface area contributed by atoms with Gasteiger partial charge >= 0.3 is 0 Å². The van der Waals surface area contributed by atoms with Crippen LogP contribution in [0, 0.1) is 11.3 Å². The van der Waals surface area contributed by atoms with Crippen LogP contribution >= 0.6 is 11.6 Å². The van der Waals surface area contributed by atoms with Crippen molar-refractivity contribution in [2.24, 2.45) is 18.4 Å². The number of rotatable bonds is 8. The first kappa shape index (κ1) is 27.5. The van der Waals surface area contributed by atoms with Crippen molar-refractivity contribution in [1.29, 1.82) is 0 Å². The van der Waals surface area contributed by atoms with E-state index < -0.39 is 0 Å². The normalized spacial score (nSPS) is 18.3. The number of nitrogens with zero attached hydrogens (tertiary/aromatic N) is 5. The summed E-state index contributed by atoms with van der Waals surface area (Å²) < 4.78 is 7.89. The molecule has 2 aromatic rings. The molecule has 8 nitrogen and oxygen atoms in total. The zero-order chi connectivity index (χ0) is 26.6. The minimum atomic E-state index is -0.339. The highest BCUT2D eigenvalue weighted by atomic mass is 35.5. The number of amides is 2. The Labute approximate surface area is 225 Å². The number of carbonyl (C=O) groups excluding carboxylic acids is 2. The number of ether oxygens (including phenoxy) is 1. The van der Waals surface area contributed by atoms with Gasteiger partial charge in [0, 0.05) is 63.2 Å². The van der Waals surface area contributed by atoms with Crippen LogP contribution < -0.4 is 4.74 Å². The highest BCUT2D eigenvalue weighted by Crippen LogP contribution is 2.37. The Bertz CT molecular complexity index is 1090. The summed E-state index contributed by atoms with van der Waals surface area (Å²) in [7, 11) is 3.92. The maximum Gasteiger partial charge on any atom is 0.272 e. The van der Waals surface area contributed by atoms with Gasteiger partial charge in [0.15, 0.2) is 0 Å². The van der Waals surface area contributed by atoms with Gasteiger partial charge in [-0.25, -0.2) is 0 Å². The van der Waals surface area contributed by atoms with Crippen molar-refractivity contribution in [2.45, 2.75) is 39.5 Å². The van der Waals surface area contributed by atoms with Gasteiger partial charge in [0.25, 0.3) is 5.91 Å². The zero-order valence-electron chi connectivity index (χ0n) is 22.6. The summed E-state index contributed by atoms with van der Waals surface area (Å²) in [5.41, 5.74) is 1.22. The number of piperazine rings is 1. The second-order valence-corrected chi connectivity index (χ2v) is 11.6. The fourth-order valence-corrected chi connectivity index (χ4v) is 5.43. The number of benzene rings is 1. The summed E-state index contributed by atoms with van der Waals surface area (Å²) in [6.45, 7) is 9.17. The van der Waals surface area contributed by atoms with Gasteiger partial charge in [-0.1, -0.05) is 31.5 Å². The molecule has 9 heteroatoms. The van der Waals surface area contributed by atoms with Crippen LogP contribution in [-0.4, -0.2) is 89.2 Å². The van der Waals surface area contributed by atoms with Crippen LogP contribution in [0.15, 0.2) is 30.3 Å². The summed E-state index contributed by atoms with van der Waals surface area (Å²) >= 11 is 6.16. The van der Waals surface area contributed by atoms with E-state index in [1.165, 1.54) is 0 Å². The quantitative estimate of drug-likeness (QED) is 0.521. The van der Waals surface area contributed by atoms with E-state index in [0.717, 1.165) is 38.3 Å². The van der Waals surface area contributed by atoms with Gasteiger partial charge in [-0.3, -0.25) is 14.3 Å². The summed E-state index contributed by atoms with van der Waals surface area (Å²) in [6.07, 6.45) is 2.67. The average molecular weight is 530 g/mol. The highest BCUT2D eigenvalue weighted by Gasteiger charge is 2.40. The predicted octanol–water partition coefficient (Wildman–Crippen LogP) is 3.74. The molecule has 4 rings (SSSR count). The number of carbonyl (C=O) groups is 2. The van der Waals surface area contributed by atoms with E-state index in [1.807, 2.05) is 41.1 Å². The molecule has 0 N–H and O–H groups in total. The third-order valence-electron chi connectivity index (χ3n) is 7.60. The summed E-state index contributed by atoms with van der Waals surface area (Å²) in [5.74, 6) is 1.35. The molecule has 2 saturated heterocycles. The topological polar surface area (TPSA) is 70.9 Å². The molecule has 3 heterocycles. The number of aryl methyl sites for hydroxylation is 1. The maximum absolute atomic E-state index is 13.4. The predicted molar refractivity (Wildman–Crippen MR) is 145 cm³/mol. The first-order chi connectivity index (χ1) is 17.6. The van der Waals surface area contributed by atoms with E-state index >= 15 is 0 Å². The first-order valence-electron chi connectivity index (χ1n) is 13.3. The number of hydrogen-bond donors (Lipinski definition) is 0. The van der Waals surface area contributed by atoms with Gasteiger partial charge in [0.05, 0.1) is 12.3 Å². The van der Waals surface area contributed by atoms with Crippen molar-refractivity contribution in [3.8, 4) is 5.75 Å². The van der Waals surface area contributed by atoms with Crippen LogP contribution in [0.25, 0.3) is 0 Å². The fourth-order valence-electron chi connectivity index (χ4n) is 5.24. The van der Waals surface area contributed by atoms with Gasteiger partial charge in [0.2, 0.25) is 5.91 Å². The lowest BCUT2D eigenvalue weighted by Crippen LogP contribution is -2.51. The van der Waals surface area contributed by atoms with E-state index in [0.29, 0.717) is 61.3 Å². The standard InChI is InChI=1S/C28H40ClN5O3/c1-21(2)16-23-18-25(32(4)30-23)27(36)34-10-8-28(9-11-34,20-37-24-7-5-6-22(29)17-24)19-26(35)33-14-12-31(3)13-15-33/h5-7,17-18,21H,8-16,19-20H2,1-4H3. The molecule has 202 valence electrons. The number of piperidine rings is 1. The molecular weight excluding hydrogens is 490 g/mol. The molecule has 0 spiro atoms. The Kier molecular flexibility index (Phi) is 8.80. The van der Waals surface area contributed by atoms with Gasteiger partial charge < -0.3 is 19.4 Å². The van der Waals surface area contributed by atoms with Crippen molar-refractivity contribution < 1.29 is 14.3 Å². The van der Waals surface area contributed by atoms with Crippen molar-refractivity contribution >= 4 is 23.4 Å². The highest BCUT2D eigenvalue weighted by molar-refractivity contribution is 6.30. The van der Waals surface area contributed by atoms with Crippen LogP contribution in [0.2, 0.25) is 5.02 Å². The largest absolute Gasteiger partial charge is 0.493 e. The van der Waals surface area contributed by atoms with Crippen molar-refractivity contribution in [1.82, 2.24) is 24.5 Å². The number of halogens is 1. The van der Waals surface area contributed by atoms with Gasteiger partial charge in [-0.15, -0.1) is 0 Å². The Balaban J connectivity index is 1.45. The minimum Gasteiger partial charge on any atom is -0.493 e. The molecular formula is C28H40ClN5O3. The number of hydrogen-bond acceptors (Lipinski definition) is 5. The zero-order valence-corrected chi connectivity index (χ0v) is 23.3. The smallest absolute Gasteiger partial charge is 0.272 e. The third-order valence-corrected chi connectivity index (χ3v) is 7.84. The van der Waals surface area contributed by atoms with E-state index in [4.69, 9.17) is 16.3 Å². The van der Waals surface area contributed by atoms with Crippen molar-refractivity contribution in [3.05, 3.63) is 46.7 Å². The lowest BCUT2D eigenvalue weighted by molar-refractivity contribution is -0.136. The molecule has 0 unspecified atom stereocenters. The maximum atomic E-state index is 13.4. The third kappa shape index (κ3) is 7.05. The van der Waals surface area contributed by atoms with Crippen molar-refractivity contribution in [2.75, 3.05) is 52.9 Å². The van der Waals surface area contributed by atoms with Gasteiger partial charge in [-0.05, 0) is 56.5 Å². The molecule has 0 bridgehead atoms. The molecule has 0 atom stereocenters. The molecule has 1 aromatic carbocycles. The Morgan fingerprint density at radius 1 is 1.03 bits per heavy atom. The lowest BCUT2D eigenvalue weighted by Gasteiger charge is -2.42. The second-order valence-electron chi connectivity index (χ2n) is 11.1. The van der Waals surface area contributed by atoms with Crippen molar-refractivity contribution in [3.63, 3.8) is 0 Å².